The van der Waals surface area contributed by atoms with E-state index < -0.39 is 11.9 Å². The second-order valence-corrected chi connectivity index (χ2v) is 5.00. The summed E-state index contributed by atoms with van der Waals surface area (Å²) >= 11 is 3.34. The zero-order valence-corrected chi connectivity index (χ0v) is 11.6. The molecule has 0 saturated carbocycles. The van der Waals surface area contributed by atoms with Gasteiger partial charge >= 0.3 is 0 Å². The lowest BCUT2D eigenvalue weighted by molar-refractivity contribution is -0.118. The molecule has 0 aromatic heterocycles. The first-order valence-electron chi connectivity index (χ1n) is 5.66. The lowest BCUT2D eigenvalue weighted by atomic mass is 10.1. The molecule has 0 radical (unpaired) electrons. The fourth-order valence-corrected chi connectivity index (χ4v) is 2.00. The van der Waals surface area contributed by atoms with Crippen LogP contribution in [0.1, 0.15) is 11.6 Å². The first-order chi connectivity index (χ1) is 9.06. The van der Waals surface area contributed by atoms with E-state index >= 15 is 0 Å². The van der Waals surface area contributed by atoms with E-state index in [1.54, 1.807) is 18.2 Å². The number of primary amides is 1. The Morgan fingerprint density at radius 1 is 1.21 bits per heavy atom. The SMILES string of the molecule is NC(=O)C(Nc1ccc(Br)cc1)c1cccc(O)c1. The van der Waals surface area contributed by atoms with Gasteiger partial charge in [-0.3, -0.25) is 4.79 Å². The van der Waals surface area contributed by atoms with E-state index in [9.17, 15) is 9.90 Å². The maximum atomic E-state index is 11.6. The molecule has 1 unspecified atom stereocenters. The Kier molecular flexibility index (Phi) is 4.06. The average Bonchev–Trinajstić information content (AvgIpc) is 2.37. The van der Waals surface area contributed by atoms with Crippen LogP contribution in [0.5, 0.6) is 5.75 Å². The summed E-state index contributed by atoms with van der Waals surface area (Å²) in [5, 5.41) is 12.5. The van der Waals surface area contributed by atoms with Crippen molar-refractivity contribution in [2.75, 3.05) is 5.32 Å². The molecular weight excluding hydrogens is 308 g/mol. The zero-order valence-electron chi connectivity index (χ0n) is 10.0. The molecule has 5 heteroatoms. The third kappa shape index (κ3) is 3.48. The van der Waals surface area contributed by atoms with E-state index in [2.05, 4.69) is 21.2 Å². The van der Waals surface area contributed by atoms with Gasteiger partial charge in [-0.15, -0.1) is 0 Å². The van der Waals surface area contributed by atoms with Gasteiger partial charge in [-0.1, -0.05) is 28.1 Å². The van der Waals surface area contributed by atoms with Crippen LogP contribution in [0.4, 0.5) is 5.69 Å². The monoisotopic (exact) mass is 320 g/mol. The fourth-order valence-electron chi connectivity index (χ4n) is 1.74. The van der Waals surface area contributed by atoms with Crippen LogP contribution in [-0.2, 0) is 4.79 Å². The minimum Gasteiger partial charge on any atom is -0.508 e. The van der Waals surface area contributed by atoms with Crippen molar-refractivity contribution in [1.29, 1.82) is 0 Å². The van der Waals surface area contributed by atoms with Crippen LogP contribution < -0.4 is 11.1 Å². The molecule has 0 aliphatic rings. The van der Waals surface area contributed by atoms with Crippen LogP contribution in [-0.4, -0.2) is 11.0 Å². The topological polar surface area (TPSA) is 75.4 Å². The summed E-state index contributed by atoms with van der Waals surface area (Å²) in [6.45, 7) is 0. The van der Waals surface area contributed by atoms with E-state index in [1.807, 2.05) is 24.3 Å². The van der Waals surface area contributed by atoms with Gasteiger partial charge in [-0.05, 0) is 42.0 Å². The predicted molar refractivity (Wildman–Crippen MR) is 77.8 cm³/mol. The minimum absolute atomic E-state index is 0.0985. The highest BCUT2D eigenvalue weighted by molar-refractivity contribution is 9.10. The molecule has 0 saturated heterocycles. The van der Waals surface area contributed by atoms with E-state index in [0.29, 0.717) is 5.56 Å². The number of benzene rings is 2. The number of anilines is 1. The van der Waals surface area contributed by atoms with E-state index in [-0.39, 0.29) is 5.75 Å². The van der Waals surface area contributed by atoms with Crippen LogP contribution in [0.15, 0.2) is 53.0 Å². The summed E-state index contributed by atoms with van der Waals surface area (Å²) in [5.41, 5.74) is 6.80. The maximum absolute atomic E-state index is 11.6. The molecule has 0 aliphatic carbocycles. The normalized spacial score (nSPS) is 11.8. The number of rotatable bonds is 4. The smallest absolute Gasteiger partial charge is 0.244 e. The summed E-state index contributed by atoms with van der Waals surface area (Å²) in [6.07, 6.45) is 0. The minimum atomic E-state index is -0.687. The molecular formula is C14H13BrN2O2. The largest absolute Gasteiger partial charge is 0.508 e. The number of phenolic OH excluding ortho intramolecular Hbond substituents is 1. The number of nitrogens with two attached hydrogens (primary N) is 1. The summed E-state index contributed by atoms with van der Waals surface area (Å²) in [5.74, 6) is -0.408. The highest BCUT2D eigenvalue weighted by Gasteiger charge is 2.17. The molecule has 0 heterocycles. The Labute approximate surface area is 119 Å². The average molecular weight is 321 g/mol. The Hall–Kier alpha value is -2.01. The molecule has 0 fully saturated rings. The Bertz CT molecular complexity index is 584. The van der Waals surface area contributed by atoms with Crippen molar-refractivity contribution in [3.63, 3.8) is 0 Å². The van der Waals surface area contributed by atoms with Gasteiger partial charge < -0.3 is 16.2 Å². The third-order valence-electron chi connectivity index (χ3n) is 2.64. The van der Waals surface area contributed by atoms with Crippen molar-refractivity contribution in [3.05, 3.63) is 58.6 Å². The zero-order chi connectivity index (χ0) is 13.8. The number of halogens is 1. The van der Waals surface area contributed by atoms with Crippen molar-refractivity contribution in [3.8, 4) is 5.75 Å². The number of aromatic hydroxyl groups is 1. The summed E-state index contributed by atoms with van der Waals surface area (Å²) in [4.78, 5) is 11.6. The second-order valence-electron chi connectivity index (χ2n) is 4.08. The van der Waals surface area contributed by atoms with Crippen molar-refractivity contribution >= 4 is 27.5 Å². The van der Waals surface area contributed by atoms with Crippen molar-refractivity contribution in [1.82, 2.24) is 0 Å². The summed E-state index contributed by atoms with van der Waals surface area (Å²) in [7, 11) is 0. The molecule has 2 rings (SSSR count). The van der Waals surface area contributed by atoms with Crippen LogP contribution in [0, 0.1) is 0 Å². The highest BCUT2D eigenvalue weighted by atomic mass is 79.9. The molecule has 19 heavy (non-hydrogen) atoms. The molecule has 1 atom stereocenters. The van der Waals surface area contributed by atoms with Gasteiger partial charge in [0.05, 0.1) is 0 Å². The van der Waals surface area contributed by atoms with Crippen molar-refractivity contribution in [2.24, 2.45) is 5.73 Å². The van der Waals surface area contributed by atoms with Gasteiger partial charge in [-0.25, -0.2) is 0 Å². The molecule has 2 aromatic carbocycles. The number of carbonyl (C=O) groups is 1. The number of hydrogen-bond donors (Lipinski definition) is 3. The van der Waals surface area contributed by atoms with Crippen LogP contribution >= 0.6 is 15.9 Å². The highest BCUT2D eigenvalue weighted by Crippen LogP contribution is 2.23. The van der Waals surface area contributed by atoms with E-state index in [4.69, 9.17) is 5.73 Å². The molecule has 0 spiro atoms. The van der Waals surface area contributed by atoms with Gasteiger partial charge in [0, 0.05) is 10.2 Å². The number of hydrogen-bond acceptors (Lipinski definition) is 3. The lowest BCUT2D eigenvalue weighted by Gasteiger charge is -2.17. The summed E-state index contributed by atoms with van der Waals surface area (Å²) < 4.78 is 0.950. The number of phenols is 1. The van der Waals surface area contributed by atoms with Gasteiger partial charge in [0.25, 0.3) is 0 Å². The Morgan fingerprint density at radius 3 is 2.47 bits per heavy atom. The number of carbonyl (C=O) groups excluding carboxylic acids is 1. The van der Waals surface area contributed by atoms with Crippen LogP contribution in [0.25, 0.3) is 0 Å². The molecule has 2 aromatic rings. The molecule has 4 nitrogen and oxygen atoms in total. The summed E-state index contributed by atoms with van der Waals surface area (Å²) in [6, 6.07) is 13.2. The first-order valence-corrected chi connectivity index (χ1v) is 6.46. The van der Waals surface area contributed by atoms with Gasteiger partial charge in [0.15, 0.2) is 0 Å². The van der Waals surface area contributed by atoms with Crippen LogP contribution in [0.3, 0.4) is 0 Å². The molecule has 1 amide bonds. The lowest BCUT2D eigenvalue weighted by Crippen LogP contribution is -2.27. The van der Waals surface area contributed by atoms with Gasteiger partial charge in [0.1, 0.15) is 11.8 Å². The number of amides is 1. The number of nitrogens with one attached hydrogen (secondary N) is 1. The van der Waals surface area contributed by atoms with Crippen molar-refractivity contribution in [2.45, 2.75) is 6.04 Å². The Balaban J connectivity index is 2.26. The Morgan fingerprint density at radius 2 is 1.89 bits per heavy atom. The molecule has 4 N–H and O–H groups in total. The van der Waals surface area contributed by atoms with Crippen LogP contribution in [0.2, 0.25) is 0 Å². The van der Waals surface area contributed by atoms with Gasteiger partial charge in [0.2, 0.25) is 5.91 Å². The molecule has 98 valence electrons. The fraction of sp³-hybridized carbons (Fsp3) is 0.0714. The maximum Gasteiger partial charge on any atom is 0.244 e. The predicted octanol–water partition coefficient (Wildman–Crippen LogP) is 2.79. The second kappa shape index (κ2) is 5.75. The molecule has 0 aliphatic heterocycles. The first kappa shape index (κ1) is 13.4. The van der Waals surface area contributed by atoms with E-state index in [0.717, 1.165) is 10.2 Å². The quantitative estimate of drug-likeness (QED) is 0.810. The standard InChI is InChI=1S/C14H13BrN2O2/c15-10-4-6-11(7-5-10)17-13(14(16)19)9-2-1-3-12(18)8-9/h1-8,13,17-18H,(H2,16,19). The van der Waals surface area contributed by atoms with Crippen molar-refractivity contribution < 1.29 is 9.90 Å². The van der Waals surface area contributed by atoms with E-state index in [1.165, 1.54) is 6.07 Å². The van der Waals surface area contributed by atoms with Gasteiger partial charge in [-0.2, -0.15) is 0 Å². The molecule has 0 bridgehead atoms. The third-order valence-corrected chi connectivity index (χ3v) is 3.17.